The van der Waals surface area contributed by atoms with Crippen molar-refractivity contribution in [3.8, 4) is 5.75 Å². The van der Waals surface area contributed by atoms with Gasteiger partial charge in [0.25, 0.3) is 5.91 Å². The highest BCUT2D eigenvalue weighted by molar-refractivity contribution is 7.13. The molecule has 30 heavy (non-hydrogen) atoms. The number of amides is 1. The molecule has 0 radical (unpaired) electrons. The average molecular weight is 432 g/mol. The number of nitrogens with one attached hydrogen (secondary N) is 1. The summed E-state index contributed by atoms with van der Waals surface area (Å²) in [5.41, 5.74) is 1.12. The van der Waals surface area contributed by atoms with E-state index in [1.54, 1.807) is 36.9 Å². The molecule has 5 nitrogen and oxygen atoms in total. The van der Waals surface area contributed by atoms with E-state index >= 15 is 0 Å². The Balaban J connectivity index is 1.83. The topological polar surface area (TPSA) is 60.5 Å². The average Bonchev–Trinajstić information content (AvgIpc) is 3.20. The molecule has 0 aliphatic rings. The van der Waals surface area contributed by atoms with Crippen LogP contribution in [0.5, 0.6) is 5.75 Å². The molecule has 0 fully saturated rings. The van der Waals surface area contributed by atoms with Crippen molar-refractivity contribution >= 4 is 22.4 Å². The van der Waals surface area contributed by atoms with Gasteiger partial charge in [0.15, 0.2) is 5.13 Å². The van der Waals surface area contributed by atoms with Gasteiger partial charge in [-0.1, -0.05) is 6.07 Å². The molecule has 0 bridgehead atoms. The van der Waals surface area contributed by atoms with Crippen molar-refractivity contribution in [3.05, 3.63) is 76.3 Å². The van der Waals surface area contributed by atoms with Crippen molar-refractivity contribution in [2.24, 2.45) is 0 Å². The van der Waals surface area contributed by atoms with E-state index in [1.165, 1.54) is 29.5 Å². The van der Waals surface area contributed by atoms with Crippen molar-refractivity contribution in [2.75, 3.05) is 19.0 Å². The maximum atomic E-state index is 14.0. The first kappa shape index (κ1) is 21.9. The summed E-state index contributed by atoms with van der Waals surface area (Å²) in [5.74, 6) is -1.03. The molecule has 0 saturated carbocycles. The van der Waals surface area contributed by atoms with E-state index in [0.717, 1.165) is 5.56 Å². The van der Waals surface area contributed by atoms with Gasteiger partial charge in [-0.15, -0.1) is 11.3 Å². The number of nitrogens with zero attached hydrogens (tertiary/aromatic N) is 1. The maximum absolute atomic E-state index is 14.0. The number of hydrogen-bond donors (Lipinski definition) is 1. The molecule has 3 rings (SSSR count). The van der Waals surface area contributed by atoms with Crippen LogP contribution in [0.15, 0.2) is 48.0 Å². The molecule has 0 aliphatic heterocycles. The van der Waals surface area contributed by atoms with Gasteiger partial charge in [0.1, 0.15) is 23.5 Å². The highest BCUT2D eigenvalue weighted by atomic mass is 32.1. The molecule has 3 aromatic rings. The van der Waals surface area contributed by atoms with Crippen LogP contribution in [0.1, 0.15) is 28.4 Å². The lowest BCUT2D eigenvalue weighted by Gasteiger charge is -2.16. The molecule has 0 spiro atoms. The standard InChI is InChI=1S/C22H22F2N2O3S/c1-14(13-28-2)29-17-11-15(6-7-18-19(23)4-3-5-20(18)24)10-16(12-17)21(27)26-22-25-8-9-30-22/h3-5,8-12,14H,6-7,13H2,1-2H3,(H,25,26,27)/t14-/m0/s1. The summed E-state index contributed by atoms with van der Waals surface area (Å²) < 4.78 is 38.9. The molecule has 1 atom stereocenters. The number of aromatic nitrogens is 1. The van der Waals surface area contributed by atoms with Gasteiger partial charge >= 0.3 is 0 Å². The Morgan fingerprint density at radius 3 is 2.63 bits per heavy atom. The SMILES string of the molecule is COC[C@H](C)Oc1cc(CCc2c(F)cccc2F)cc(C(=O)Nc2nccs2)c1. The van der Waals surface area contributed by atoms with Crippen LogP contribution in [-0.2, 0) is 17.6 Å². The van der Waals surface area contributed by atoms with Gasteiger partial charge in [0.05, 0.1) is 6.61 Å². The van der Waals surface area contributed by atoms with E-state index in [9.17, 15) is 13.6 Å². The molecule has 1 heterocycles. The summed E-state index contributed by atoms with van der Waals surface area (Å²) in [4.78, 5) is 16.7. The zero-order chi connectivity index (χ0) is 21.5. The second-order valence-corrected chi connectivity index (χ2v) is 7.64. The molecule has 1 aromatic heterocycles. The van der Waals surface area contributed by atoms with E-state index in [1.807, 2.05) is 6.92 Å². The van der Waals surface area contributed by atoms with Gasteiger partial charge in [0, 0.05) is 29.8 Å². The molecule has 2 aromatic carbocycles. The molecule has 1 amide bonds. The molecular weight excluding hydrogens is 410 g/mol. The fourth-order valence-corrected chi connectivity index (χ4v) is 3.52. The van der Waals surface area contributed by atoms with Crippen LogP contribution >= 0.6 is 11.3 Å². The van der Waals surface area contributed by atoms with E-state index in [4.69, 9.17) is 9.47 Å². The minimum Gasteiger partial charge on any atom is -0.488 e. The minimum absolute atomic E-state index is 0.0189. The first-order valence-corrected chi connectivity index (χ1v) is 10.3. The van der Waals surface area contributed by atoms with E-state index in [2.05, 4.69) is 10.3 Å². The van der Waals surface area contributed by atoms with Crippen molar-refractivity contribution < 1.29 is 23.0 Å². The molecule has 0 aliphatic carbocycles. The summed E-state index contributed by atoms with van der Waals surface area (Å²) in [6.45, 7) is 2.23. The number of ether oxygens (including phenoxy) is 2. The second-order valence-electron chi connectivity index (χ2n) is 6.74. The Morgan fingerprint density at radius 1 is 1.20 bits per heavy atom. The predicted octanol–water partition coefficient (Wildman–Crippen LogP) is 4.87. The molecule has 1 N–H and O–H groups in total. The first-order chi connectivity index (χ1) is 14.5. The van der Waals surface area contributed by atoms with Gasteiger partial charge < -0.3 is 9.47 Å². The Bertz CT molecular complexity index is 976. The van der Waals surface area contributed by atoms with Gasteiger partial charge in [-0.3, -0.25) is 10.1 Å². The normalized spacial score (nSPS) is 11.9. The largest absolute Gasteiger partial charge is 0.488 e. The third-order valence-corrected chi connectivity index (χ3v) is 5.03. The molecular formula is C22H22F2N2O3S. The lowest BCUT2D eigenvalue weighted by molar-refractivity contribution is 0.0916. The third kappa shape index (κ3) is 5.84. The Labute approximate surface area is 177 Å². The van der Waals surface area contributed by atoms with Gasteiger partial charge in [-0.2, -0.15) is 0 Å². The number of methoxy groups -OCH3 is 1. The Hall–Kier alpha value is -2.84. The molecule has 158 valence electrons. The number of anilines is 1. The molecule has 0 saturated heterocycles. The van der Waals surface area contributed by atoms with Crippen LogP contribution in [-0.4, -0.2) is 30.7 Å². The zero-order valence-electron chi connectivity index (χ0n) is 16.7. The van der Waals surface area contributed by atoms with Crippen LogP contribution < -0.4 is 10.1 Å². The second kappa shape index (κ2) is 10.3. The number of hydrogen-bond acceptors (Lipinski definition) is 5. The van der Waals surface area contributed by atoms with Crippen molar-refractivity contribution in [2.45, 2.75) is 25.9 Å². The number of rotatable bonds is 9. The highest BCUT2D eigenvalue weighted by Gasteiger charge is 2.14. The predicted molar refractivity (Wildman–Crippen MR) is 112 cm³/mol. The van der Waals surface area contributed by atoms with E-state index < -0.39 is 11.6 Å². The lowest BCUT2D eigenvalue weighted by atomic mass is 10.0. The maximum Gasteiger partial charge on any atom is 0.257 e. The quantitative estimate of drug-likeness (QED) is 0.524. The summed E-state index contributed by atoms with van der Waals surface area (Å²) in [7, 11) is 1.58. The first-order valence-electron chi connectivity index (χ1n) is 9.39. The highest BCUT2D eigenvalue weighted by Crippen LogP contribution is 2.23. The summed E-state index contributed by atoms with van der Waals surface area (Å²) >= 11 is 1.31. The lowest BCUT2D eigenvalue weighted by Crippen LogP contribution is -2.19. The number of carbonyl (C=O) groups is 1. The van der Waals surface area contributed by atoms with Gasteiger partial charge in [0.2, 0.25) is 0 Å². The van der Waals surface area contributed by atoms with Crippen LogP contribution in [0.3, 0.4) is 0 Å². The molecule has 0 unspecified atom stereocenters. The minimum atomic E-state index is -0.585. The van der Waals surface area contributed by atoms with Crippen molar-refractivity contribution in [1.29, 1.82) is 0 Å². The van der Waals surface area contributed by atoms with Crippen LogP contribution in [0, 0.1) is 11.6 Å². The van der Waals surface area contributed by atoms with Gasteiger partial charge in [-0.05, 0) is 55.7 Å². The summed E-state index contributed by atoms with van der Waals surface area (Å²) in [6, 6.07) is 8.89. The van der Waals surface area contributed by atoms with Crippen LogP contribution in [0.2, 0.25) is 0 Å². The zero-order valence-corrected chi connectivity index (χ0v) is 17.5. The van der Waals surface area contributed by atoms with E-state index in [-0.39, 0.29) is 24.0 Å². The van der Waals surface area contributed by atoms with Gasteiger partial charge in [-0.25, -0.2) is 13.8 Å². The number of carbonyl (C=O) groups excluding carboxylic acids is 1. The fourth-order valence-electron chi connectivity index (χ4n) is 3.00. The number of thiazole rings is 1. The van der Waals surface area contributed by atoms with Crippen LogP contribution in [0.4, 0.5) is 13.9 Å². The summed E-state index contributed by atoms with van der Waals surface area (Å²) in [6.07, 6.45) is 1.86. The van der Waals surface area contributed by atoms with Crippen LogP contribution in [0.25, 0.3) is 0 Å². The summed E-state index contributed by atoms with van der Waals surface area (Å²) in [5, 5.41) is 4.97. The van der Waals surface area contributed by atoms with E-state index in [0.29, 0.717) is 29.5 Å². The van der Waals surface area contributed by atoms with Crippen molar-refractivity contribution in [3.63, 3.8) is 0 Å². The Morgan fingerprint density at radius 2 is 1.97 bits per heavy atom. The Kier molecular flexibility index (Phi) is 7.48. The monoisotopic (exact) mass is 432 g/mol. The number of benzene rings is 2. The third-order valence-electron chi connectivity index (χ3n) is 4.35. The number of aryl methyl sites for hydroxylation is 1. The fraction of sp³-hybridized carbons (Fsp3) is 0.273. The number of halogens is 2. The molecule has 8 heteroatoms. The smallest absolute Gasteiger partial charge is 0.257 e. The van der Waals surface area contributed by atoms with Crippen molar-refractivity contribution in [1.82, 2.24) is 4.98 Å².